The number of rotatable bonds is 6. The van der Waals surface area contributed by atoms with Gasteiger partial charge in [0.25, 0.3) is 0 Å². The lowest BCUT2D eigenvalue weighted by molar-refractivity contribution is 0.414. The van der Waals surface area contributed by atoms with E-state index in [1.807, 2.05) is 44.7 Å². The number of hydrogen-bond acceptors (Lipinski definition) is 4. The number of nitrogens with one attached hydrogen (secondary N) is 1. The van der Waals surface area contributed by atoms with E-state index in [1.165, 1.54) is 5.56 Å². The van der Waals surface area contributed by atoms with Crippen molar-refractivity contribution in [3.8, 4) is 5.75 Å². The molecule has 21 heavy (non-hydrogen) atoms. The van der Waals surface area contributed by atoms with Crippen molar-refractivity contribution in [1.29, 1.82) is 0 Å². The van der Waals surface area contributed by atoms with Crippen LogP contribution in [0.5, 0.6) is 5.75 Å². The molecular weight excluding hydrogens is 262 g/mol. The minimum Gasteiger partial charge on any atom is -0.497 e. The number of ether oxygens (including phenoxy) is 1. The number of pyridine rings is 1. The molecule has 1 aromatic heterocycles. The Hall–Kier alpha value is -2.23. The molecule has 1 unspecified atom stereocenters. The Balaban J connectivity index is 2.02. The van der Waals surface area contributed by atoms with Gasteiger partial charge in [-0.15, -0.1) is 0 Å². The highest BCUT2D eigenvalue weighted by Gasteiger charge is 2.08. The van der Waals surface area contributed by atoms with Gasteiger partial charge in [-0.25, -0.2) is 0 Å². The number of hydrogen-bond donors (Lipinski definition) is 1. The van der Waals surface area contributed by atoms with E-state index in [9.17, 15) is 0 Å². The first-order chi connectivity index (χ1) is 10.1. The maximum atomic E-state index is 5.18. The highest BCUT2D eigenvalue weighted by atomic mass is 16.5. The molecule has 0 amide bonds. The van der Waals surface area contributed by atoms with Crippen LogP contribution in [0.4, 0.5) is 11.4 Å². The summed E-state index contributed by atoms with van der Waals surface area (Å²) in [7, 11) is 5.76. The second kappa shape index (κ2) is 6.97. The molecule has 2 rings (SSSR count). The van der Waals surface area contributed by atoms with Gasteiger partial charge < -0.3 is 15.0 Å². The average molecular weight is 285 g/mol. The summed E-state index contributed by atoms with van der Waals surface area (Å²) in [5.41, 5.74) is 3.49. The number of benzene rings is 1. The van der Waals surface area contributed by atoms with Gasteiger partial charge in [-0.3, -0.25) is 4.98 Å². The van der Waals surface area contributed by atoms with Crippen molar-refractivity contribution < 1.29 is 4.74 Å². The van der Waals surface area contributed by atoms with Crippen LogP contribution in [0.25, 0.3) is 0 Å². The summed E-state index contributed by atoms with van der Waals surface area (Å²) < 4.78 is 5.18. The Morgan fingerprint density at radius 3 is 2.52 bits per heavy atom. The lowest BCUT2D eigenvalue weighted by Crippen LogP contribution is -2.20. The van der Waals surface area contributed by atoms with E-state index in [0.717, 1.165) is 23.5 Å². The predicted molar refractivity (Wildman–Crippen MR) is 88.3 cm³/mol. The molecule has 4 heteroatoms. The molecule has 0 aliphatic heterocycles. The number of methoxy groups -OCH3 is 1. The SMILES string of the molecule is COc1ccc(CC(C)Nc2cnccc2N(C)C)cc1. The maximum absolute atomic E-state index is 5.18. The quantitative estimate of drug-likeness (QED) is 0.884. The molecule has 0 aliphatic rings. The molecule has 0 bridgehead atoms. The van der Waals surface area contributed by atoms with Gasteiger partial charge in [0, 0.05) is 26.3 Å². The van der Waals surface area contributed by atoms with E-state index in [4.69, 9.17) is 4.74 Å². The molecule has 2 aromatic rings. The third-order valence-corrected chi connectivity index (χ3v) is 3.38. The number of nitrogens with zero attached hydrogens (tertiary/aromatic N) is 2. The van der Waals surface area contributed by atoms with Crippen LogP contribution in [-0.4, -0.2) is 32.2 Å². The van der Waals surface area contributed by atoms with Gasteiger partial charge in [0.05, 0.1) is 24.7 Å². The zero-order chi connectivity index (χ0) is 15.2. The second-order valence-electron chi connectivity index (χ2n) is 5.38. The molecular formula is C17H23N3O. The Labute approximate surface area is 126 Å². The van der Waals surface area contributed by atoms with Crippen molar-refractivity contribution in [1.82, 2.24) is 4.98 Å². The van der Waals surface area contributed by atoms with Crippen LogP contribution in [0.2, 0.25) is 0 Å². The normalized spacial score (nSPS) is 11.8. The molecule has 1 heterocycles. The zero-order valence-electron chi connectivity index (χ0n) is 13.1. The highest BCUT2D eigenvalue weighted by molar-refractivity contribution is 5.68. The topological polar surface area (TPSA) is 37.4 Å². The Bertz CT molecular complexity index is 567. The molecule has 1 atom stereocenters. The van der Waals surface area contributed by atoms with E-state index in [0.29, 0.717) is 6.04 Å². The van der Waals surface area contributed by atoms with Gasteiger partial charge in [-0.1, -0.05) is 12.1 Å². The molecule has 112 valence electrons. The minimum atomic E-state index is 0.321. The van der Waals surface area contributed by atoms with Gasteiger partial charge in [0.15, 0.2) is 0 Å². The maximum Gasteiger partial charge on any atom is 0.118 e. The smallest absolute Gasteiger partial charge is 0.118 e. The van der Waals surface area contributed by atoms with Gasteiger partial charge in [-0.05, 0) is 37.1 Å². The molecule has 0 fully saturated rings. The molecule has 0 saturated heterocycles. The predicted octanol–water partition coefficient (Wildman–Crippen LogP) is 3.20. The average Bonchev–Trinajstić information content (AvgIpc) is 2.48. The van der Waals surface area contributed by atoms with Crippen molar-refractivity contribution >= 4 is 11.4 Å². The van der Waals surface area contributed by atoms with Gasteiger partial charge in [-0.2, -0.15) is 0 Å². The van der Waals surface area contributed by atoms with Gasteiger partial charge >= 0.3 is 0 Å². The van der Waals surface area contributed by atoms with Crippen LogP contribution in [0, 0.1) is 0 Å². The fraction of sp³-hybridized carbons (Fsp3) is 0.353. The van der Waals surface area contributed by atoms with Crippen LogP contribution in [0.15, 0.2) is 42.7 Å². The van der Waals surface area contributed by atoms with E-state index < -0.39 is 0 Å². The second-order valence-corrected chi connectivity index (χ2v) is 5.38. The first-order valence-electron chi connectivity index (χ1n) is 7.11. The Kier molecular flexibility index (Phi) is 5.04. The van der Waals surface area contributed by atoms with Crippen molar-refractivity contribution in [2.45, 2.75) is 19.4 Å². The summed E-state index contributed by atoms with van der Waals surface area (Å²) in [6.45, 7) is 2.18. The molecule has 0 saturated carbocycles. The van der Waals surface area contributed by atoms with Crippen molar-refractivity contribution in [2.24, 2.45) is 0 Å². The van der Waals surface area contributed by atoms with Crippen molar-refractivity contribution in [2.75, 3.05) is 31.4 Å². The van der Waals surface area contributed by atoms with E-state index in [2.05, 4.69) is 34.3 Å². The van der Waals surface area contributed by atoms with Crippen molar-refractivity contribution in [3.05, 3.63) is 48.3 Å². The van der Waals surface area contributed by atoms with Crippen LogP contribution < -0.4 is 15.0 Å². The Morgan fingerprint density at radius 1 is 1.19 bits per heavy atom. The van der Waals surface area contributed by atoms with Crippen LogP contribution >= 0.6 is 0 Å². The first-order valence-corrected chi connectivity index (χ1v) is 7.11. The van der Waals surface area contributed by atoms with Crippen molar-refractivity contribution in [3.63, 3.8) is 0 Å². The van der Waals surface area contributed by atoms with Gasteiger partial charge in [0.2, 0.25) is 0 Å². The summed E-state index contributed by atoms with van der Waals surface area (Å²) in [4.78, 5) is 6.29. The van der Waals surface area contributed by atoms with E-state index in [-0.39, 0.29) is 0 Å². The molecule has 0 radical (unpaired) electrons. The third-order valence-electron chi connectivity index (χ3n) is 3.38. The lowest BCUT2D eigenvalue weighted by atomic mass is 10.1. The van der Waals surface area contributed by atoms with Crippen LogP contribution in [-0.2, 0) is 6.42 Å². The van der Waals surface area contributed by atoms with E-state index >= 15 is 0 Å². The Morgan fingerprint density at radius 2 is 1.90 bits per heavy atom. The highest BCUT2D eigenvalue weighted by Crippen LogP contribution is 2.23. The largest absolute Gasteiger partial charge is 0.497 e. The van der Waals surface area contributed by atoms with Crippen LogP contribution in [0.1, 0.15) is 12.5 Å². The summed E-state index contributed by atoms with van der Waals surface area (Å²) in [5, 5.41) is 3.53. The molecule has 0 aliphatic carbocycles. The van der Waals surface area contributed by atoms with Gasteiger partial charge in [0.1, 0.15) is 5.75 Å². The van der Waals surface area contributed by atoms with E-state index in [1.54, 1.807) is 7.11 Å². The first kappa shape index (κ1) is 15.2. The monoisotopic (exact) mass is 285 g/mol. The number of anilines is 2. The number of aromatic nitrogens is 1. The summed E-state index contributed by atoms with van der Waals surface area (Å²) >= 11 is 0. The fourth-order valence-corrected chi connectivity index (χ4v) is 2.32. The van der Waals surface area contributed by atoms with Crippen LogP contribution in [0.3, 0.4) is 0 Å². The summed E-state index contributed by atoms with van der Waals surface area (Å²) in [6.07, 6.45) is 4.64. The summed E-state index contributed by atoms with van der Waals surface area (Å²) in [5.74, 6) is 0.890. The lowest BCUT2D eigenvalue weighted by Gasteiger charge is -2.21. The minimum absolute atomic E-state index is 0.321. The molecule has 4 nitrogen and oxygen atoms in total. The summed E-state index contributed by atoms with van der Waals surface area (Å²) in [6, 6.07) is 10.5. The standard InChI is InChI=1S/C17H23N3O/c1-13(11-14-5-7-15(21-4)8-6-14)19-16-12-18-10-9-17(16)20(2)3/h5-10,12-13,19H,11H2,1-4H3. The molecule has 1 aromatic carbocycles. The third kappa shape index (κ3) is 4.12. The molecule has 0 spiro atoms. The fourth-order valence-electron chi connectivity index (χ4n) is 2.32. The zero-order valence-corrected chi connectivity index (χ0v) is 13.1. The molecule has 1 N–H and O–H groups in total.